The van der Waals surface area contributed by atoms with Gasteiger partial charge < -0.3 is 10.2 Å². The molecule has 0 radical (unpaired) electrons. The molecular weight excluding hydrogens is 316 g/mol. The van der Waals surface area contributed by atoms with Gasteiger partial charge in [0.2, 0.25) is 5.91 Å². The second-order valence-corrected chi connectivity index (χ2v) is 6.19. The summed E-state index contributed by atoms with van der Waals surface area (Å²) in [5, 5.41) is 7.29. The summed E-state index contributed by atoms with van der Waals surface area (Å²) in [6.45, 7) is 1.95. The van der Waals surface area contributed by atoms with Gasteiger partial charge >= 0.3 is 0 Å². The average molecular weight is 335 g/mol. The smallest absolute Gasteiger partial charge is 0.271 e. The van der Waals surface area contributed by atoms with Crippen molar-refractivity contribution in [2.45, 2.75) is 32.1 Å². The van der Waals surface area contributed by atoms with Crippen LogP contribution in [0.3, 0.4) is 0 Å². The van der Waals surface area contributed by atoms with Crippen molar-refractivity contribution in [3.63, 3.8) is 0 Å². The number of halogens is 1. The molecule has 0 bridgehead atoms. The number of hydrogen-bond acceptors (Lipinski definition) is 4. The van der Waals surface area contributed by atoms with Gasteiger partial charge in [-0.15, -0.1) is 0 Å². The van der Waals surface area contributed by atoms with Crippen LogP contribution in [0, 0.1) is 0 Å². The molecule has 2 amide bonds. The minimum absolute atomic E-state index is 0.168. The van der Waals surface area contributed by atoms with E-state index in [-0.39, 0.29) is 18.2 Å². The first-order valence-corrected chi connectivity index (χ1v) is 8.22. The zero-order valence-electron chi connectivity index (χ0n) is 12.8. The van der Waals surface area contributed by atoms with Crippen LogP contribution in [0.5, 0.6) is 0 Å². The van der Waals surface area contributed by atoms with Crippen LogP contribution in [0.15, 0.2) is 23.3 Å². The van der Waals surface area contributed by atoms with Crippen molar-refractivity contribution in [2.75, 3.05) is 23.3 Å². The molecule has 122 valence electrons. The normalized spacial score (nSPS) is 18.2. The van der Waals surface area contributed by atoms with Gasteiger partial charge in [-0.1, -0.05) is 11.6 Å². The quantitative estimate of drug-likeness (QED) is 0.892. The zero-order valence-corrected chi connectivity index (χ0v) is 13.5. The molecule has 6 nitrogen and oxygen atoms in total. The molecule has 0 spiro atoms. The van der Waals surface area contributed by atoms with Crippen molar-refractivity contribution in [3.8, 4) is 0 Å². The molecular formula is C16H19ClN4O2. The molecule has 0 unspecified atom stereocenters. The second kappa shape index (κ2) is 7.00. The largest absolute Gasteiger partial charge is 0.370 e. The number of nitrogens with zero attached hydrogens (tertiary/aromatic N) is 2. The fourth-order valence-electron chi connectivity index (χ4n) is 2.85. The van der Waals surface area contributed by atoms with Gasteiger partial charge in [-0.25, -0.2) is 5.43 Å². The van der Waals surface area contributed by atoms with Gasteiger partial charge in [-0.05, 0) is 37.5 Å². The number of amides is 2. The molecule has 2 heterocycles. The van der Waals surface area contributed by atoms with Gasteiger partial charge in [0, 0.05) is 31.0 Å². The van der Waals surface area contributed by atoms with E-state index in [9.17, 15) is 9.59 Å². The molecule has 0 atom stereocenters. The van der Waals surface area contributed by atoms with Crippen LogP contribution in [0.2, 0.25) is 5.02 Å². The van der Waals surface area contributed by atoms with E-state index in [4.69, 9.17) is 11.6 Å². The van der Waals surface area contributed by atoms with Crippen molar-refractivity contribution >= 4 is 40.5 Å². The van der Waals surface area contributed by atoms with E-state index in [1.165, 1.54) is 6.42 Å². The van der Waals surface area contributed by atoms with E-state index in [2.05, 4.69) is 20.7 Å². The fraction of sp³-hybridized carbons (Fsp3) is 0.438. The van der Waals surface area contributed by atoms with E-state index in [0.29, 0.717) is 22.8 Å². The minimum Gasteiger partial charge on any atom is -0.370 e. The minimum atomic E-state index is -0.300. The lowest BCUT2D eigenvalue weighted by atomic mass is 10.1. The molecule has 1 fully saturated rings. The van der Waals surface area contributed by atoms with E-state index >= 15 is 0 Å². The molecule has 1 aromatic rings. The monoisotopic (exact) mass is 334 g/mol. The number of nitrogens with one attached hydrogen (secondary N) is 2. The van der Waals surface area contributed by atoms with Gasteiger partial charge in [0.1, 0.15) is 5.71 Å². The van der Waals surface area contributed by atoms with Crippen molar-refractivity contribution in [3.05, 3.63) is 23.2 Å². The van der Waals surface area contributed by atoms with Crippen LogP contribution in [0.1, 0.15) is 32.1 Å². The Kier molecular flexibility index (Phi) is 4.81. The maximum Gasteiger partial charge on any atom is 0.271 e. The number of carbonyl (C=O) groups is 2. The molecule has 23 heavy (non-hydrogen) atoms. The Bertz CT molecular complexity index is 653. The summed E-state index contributed by atoms with van der Waals surface area (Å²) in [7, 11) is 0. The van der Waals surface area contributed by atoms with E-state index in [1.54, 1.807) is 6.07 Å². The number of piperidine rings is 1. The first kappa shape index (κ1) is 15.8. The van der Waals surface area contributed by atoms with Gasteiger partial charge in [0.15, 0.2) is 0 Å². The number of rotatable bonds is 3. The van der Waals surface area contributed by atoms with E-state index in [0.717, 1.165) is 31.6 Å². The van der Waals surface area contributed by atoms with Crippen LogP contribution < -0.4 is 15.6 Å². The Morgan fingerprint density at radius 1 is 1.22 bits per heavy atom. The van der Waals surface area contributed by atoms with Gasteiger partial charge in [-0.3, -0.25) is 9.59 Å². The van der Waals surface area contributed by atoms with Crippen molar-refractivity contribution in [1.29, 1.82) is 0 Å². The lowest BCUT2D eigenvalue weighted by Crippen LogP contribution is -2.34. The third kappa shape index (κ3) is 3.82. The van der Waals surface area contributed by atoms with Crippen LogP contribution >= 0.6 is 11.6 Å². The number of anilines is 2. The molecule has 2 aliphatic rings. The maximum atomic E-state index is 12.4. The van der Waals surface area contributed by atoms with E-state index < -0.39 is 0 Å². The third-order valence-electron chi connectivity index (χ3n) is 4.07. The highest BCUT2D eigenvalue weighted by atomic mass is 35.5. The molecule has 0 saturated carbocycles. The Morgan fingerprint density at radius 2 is 2.00 bits per heavy atom. The lowest BCUT2D eigenvalue weighted by Gasteiger charge is -2.30. The molecule has 7 heteroatoms. The second-order valence-electron chi connectivity index (χ2n) is 5.76. The Hall–Kier alpha value is -2.08. The molecule has 2 aliphatic heterocycles. The first-order valence-electron chi connectivity index (χ1n) is 7.85. The highest BCUT2D eigenvalue weighted by Gasteiger charge is 2.21. The summed E-state index contributed by atoms with van der Waals surface area (Å²) in [5.74, 6) is -0.469. The highest BCUT2D eigenvalue weighted by Crippen LogP contribution is 2.31. The van der Waals surface area contributed by atoms with Crippen LogP contribution in [-0.4, -0.2) is 30.6 Å². The van der Waals surface area contributed by atoms with E-state index in [1.807, 2.05) is 12.1 Å². The van der Waals surface area contributed by atoms with Gasteiger partial charge in [0.25, 0.3) is 5.91 Å². The standard InChI is InChI=1S/C16H19ClN4O2/c17-11-4-6-14(21-8-2-1-3-9-21)13(10-11)18-16(23)12-5-7-15(22)20-19-12/h4,6,10H,1-3,5,7-9H2,(H,18,23)(H,20,22). The average Bonchev–Trinajstić information content (AvgIpc) is 2.56. The predicted octanol–water partition coefficient (Wildman–Crippen LogP) is 2.53. The van der Waals surface area contributed by atoms with Crippen molar-refractivity contribution in [1.82, 2.24) is 5.43 Å². The molecule has 0 aromatic heterocycles. The van der Waals surface area contributed by atoms with Crippen molar-refractivity contribution < 1.29 is 9.59 Å². The summed E-state index contributed by atoms with van der Waals surface area (Å²) in [6.07, 6.45) is 4.16. The highest BCUT2D eigenvalue weighted by molar-refractivity contribution is 6.44. The SMILES string of the molecule is O=C1CCC(C(=O)Nc2cc(Cl)ccc2N2CCCCC2)=NN1. The summed E-state index contributed by atoms with van der Waals surface area (Å²) in [4.78, 5) is 25.8. The number of benzene rings is 1. The number of hydrogen-bond donors (Lipinski definition) is 2. The zero-order chi connectivity index (χ0) is 16.2. The van der Waals surface area contributed by atoms with Crippen LogP contribution in [0.25, 0.3) is 0 Å². The molecule has 0 aliphatic carbocycles. The summed E-state index contributed by atoms with van der Waals surface area (Å²) < 4.78 is 0. The summed E-state index contributed by atoms with van der Waals surface area (Å²) in [6, 6.07) is 5.53. The molecule has 2 N–H and O–H groups in total. The maximum absolute atomic E-state index is 12.4. The van der Waals surface area contributed by atoms with Crippen molar-refractivity contribution in [2.24, 2.45) is 5.10 Å². The topological polar surface area (TPSA) is 73.8 Å². The number of hydrazone groups is 1. The van der Waals surface area contributed by atoms with Crippen LogP contribution in [-0.2, 0) is 9.59 Å². The molecule has 3 rings (SSSR count). The predicted molar refractivity (Wildman–Crippen MR) is 91.0 cm³/mol. The van der Waals surface area contributed by atoms with Gasteiger partial charge in [-0.2, -0.15) is 5.10 Å². The lowest BCUT2D eigenvalue weighted by molar-refractivity contribution is -0.121. The number of carbonyl (C=O) groups excluding carboxylic acids is 2. The third-order valence-corrected chi connectivity index (χ3v) is 4.31. The Morgan fingerprint density at radius 3 is 2.70 bits per heavy atom. The fourth-order valence-corrected chi connectivity index (χ4v) is 3.02. The van der Waals surface area contributed by atoms with Gasteiger partial charge in [0.05, 0.1) is 11.4 Å². The molecule has 1 aromatic carbocycles. The summed E-state index contributed by atoms with van der Waals surface area (Å²) in [5.41, 5.74) is 4.33. The summed E-state index contributed by atoms with van der Waals surface area (Å²) >= 11 is 6.09. The first-order chi connectivity index (χ1) is 11.1. The Balaban J connectivity index is 1.79. The Labute approximate surface area is 139 Å². The molecule has 1 saturated heterocycles. The van der Waals surface area contributed by atoms with Crippen LogP contribution in [0.4, 0.5) is 11.4 Å².